The lowest BCUT2D eigenvalue weighted by molar-refractivity contribution is -0.870. The quantitative estimate of drug-likeness (QED) is 0.0211. The van der Waals surface area contributed by atoms with E-state index < -0.39 is 26.5 Å². The Labute approximate surface area is 431 Å². The van der Waals surface area contributed by atoms with Crippen LogP contribution in [0.15, 0.2) is 72.9 Å². The smallest absolute Gasteiger partial charge is 0.462 e. The Bertz CT molecular complexity index is 1410. The lowest BCUT2D eigenvalue weighted by Gasteiger charge is -2.24. The molecule has 406 valence electrons. The molecular formula is C60H109NO8P+. The molecule has 0 fully saturated rings. The third kappa shape index (κ3) is 54.8. The highest BCUT2D eigenvalue weighted by Gasteiger charge is 2.27. The number of rotatable bonds is 52. The first kappa shape index (κ1) is 67.5. The number of nitrogens with zero attached hydrogens (tertiary/aromatic N) is 1. The molecule has 1 N–H and O–H groups in total. The van der Waals surface area contributed by atoms with Gasteiger partial charge in [-0.15, -0.1) is 0 Å². The number of phosphoric ester groups is 1. The van der Waals surface area contributed by atoms with Crippen LogP contribution in [0.2, 0.25) is 0 Å². The van der Waals surface area contributed by atoms with E-state index in [-0.39, 0.29) is 32.0 Å². The minimum absolute atomic E-state index is 0.0276. The molecule has 0 aromatic rings. The minimum atomic E-state index is -4.39. The summed E-state index contributed by atoms with van der Waals surface area (Å²) < 4.78 is 34.6. The first-order valence-corrected chi connectivity index (χ1v) is 30.2. The predicted octanol–water partition coefficient (Wildman–Crippen LogP) is 17.7. The van der Waals surface area contributed by atoms with Crippen LogP contribution in [-0.4, -0.2) is 74.9 Å². The van der Waals surface area contributed by atoms with Crippen molar-refractivity contribution in [2.24, 2.45) is 0 Å². The number of quaternary nitrogens is 1. The minimum Gasteiger partial charge on any atom is -0.462 e. The molecule has 0 aliphatic heterocycles. The topological polar surface area (TPSA) is 108 Å². The van der Waals surface area contributed by atoms with E-state index in [1.165, 1.54) is 135 Å². The van der Waals surface area contributed by atoms with Gasteiger partial charge < -0.3 is 18.9 Å². The summed E-state index contributed by atoms with van der Waals surface area (Å²) in [5.41, 5.74) is 0. The molecule has 70 heavy (non-hydrogen) atoms. The maximum Gasteiger partial charge on any atom is 0.472 e. The zero-order chi connectivity index (χ0) is 51.3. The van der Waals surface area contributed by atoms with Crippen LogP contribution in [0.4, 0.5) is 0 Å². The van der Waals surface area contributed by atoms with Crippen LogP contribution < -0.4 is 0 Å². The van der Waals surface area contributed by atoms with Gasteiger partial charge in [0.25, 0.3) is 0 Å². The van der Waals surface area contributed by atoms with Crippen LogP contribution in [0.25, 0.3) is 0 Å². The molecule has 9 nitrogen and oxygen atoms in total. The van der Waals surface area contributed by atoms with E-state index in [1.807, 2.05) is 21.1 Å². The number of hydrogen-bond acceptors (Lipinski definition) is 7. The molecule has 0 radical (unpaired) electrons. The summed E-state index contributed by atoms with van der Waals surface area (Å²) in [6.45, 7) is 4.33. The van der Waals surface area contributed by atoms with E-state index in [4.69, 9.17) is 18.5 Å². The van der Waals surface area contributed by atoms with Crippen molar-refractivity contribution in [3.05, 3.63) is 72.9 Å². The number of phosphoric acid groups is 1. The highest BCUT2D eigenvalue weighted by molar-refractivity contribution is 7.47. The van der Waals surface area contributed by atoms with Gasteiger partial charge in [0, 0.05) is 12.8 Å². The third-order valence-electron chi connectivity index (χ3n) is 12.2. The number of carbonyl (C=O) groups excluding carboxylic acids is 2. The van der Waals surface area contributed by atoms with Crippen LogP contribution in [0.3, 0.4) is 0 Å². The third-order valence-corrected chi connectivity index (χ3v) is 13.2. The van der Waals surface area contributed by atoms with E-state index in [0.717, 1.165) is 77.0 Å². The summed E-state index contributed by atoms with van der Waals surface area (Å²) in [6.07, 6.45) is 66.7. The van der Waals surface area contributed by atoms with Crippen LogP contribution in [0.5, 0.6) is 0 Å². The van der Waals surface area contributed by atoms with Gasteiger partial charge in [0.2, 0.25) is 0 Å². The fourth-order valence-electron chi connectivity index (χ4n) is 7.80. The van der Waals surface area contributed by atoms with Gasteiger partial charge in [0.05, 0.1) is 27.7 Å². The molecule has 0 heterocycles. The molecule has 0 rings (SSSR count). The number of ether oxygens (including phenoxy) is 2. The van der Waals surface area contributed by atoms with E-state index in [2.05, 4.69) is 86.8 Å². The van der Waals surface area contributed by atoms with Crippen molar-refractivity contribution in [2.75, 3.05) is 47.5 Å². The van der Waals surface area contributed by atoms with Crippen molar-refractivity contribution in [1.29, 1.82) is 0 Å². The van der Waals surface area contributed by atoms with Crippen LogP contribution >= 0.6 is 7.82 Å². The highest BCUT2D eigenvalue weighted by Crippen LogP contribution is 2.43. The number of unbranched alkanes of at least 4 members (excludes halogenated alkanes) is 26. The number of carbonyl (C=O) groups is 2. The number of likely N-dealkylation sites (N-methyl/N-ethyl adjacent to an activating group) is 1. The molecule has 0 aromatic heterocycles. The van der Waals surface area contributed by atoms with E-state index in [9.17, 15) is 19.0 Å². The molecule has 0 saturated carbocycles. The molecule has 0 amide bonds. The summed E-state index contributed by atoms with van der Waals surface area (Å²) in [4.78, 5) is 35.7. The average molecular weight is 1000 g/mol. The van der Waals surface area contributed by atoms with E-state index >= 15 is 0 Å². The molecule has 0 saturated heterocycles. The van der Waals surface area contributed by atoms with Gasteiger partial charge in [-0.2, -0.15) is 0 Å². The van der Waals surface area contributed by atoms with Crippen LogP contribution in [0, 0.1) is 0 Å². The lowest BCUT2D eigenvalue weighted by atomic mass is 10.1. The molecule has 0 aliphatic carbocycles. The molecular weight excluding hydrogens is 894 g/mol. The first-order valence-electron chi connectivity index (χ1n) is 28.7. The number of hydrogen-bond donors (Lipinski definition) is 1. The van der Waals surface area contributed by atoms with Crippen LogP contribution in [0.1, 0.15) is 245 Å². The first-order chi connectivity index (χ1) is 34.0. The zero-order valence-corrected chi connectivity index (χ0v) is 46.9. The largest absolute Gasteiger partial charge is 0.472 e. The van der Waals surface area contributed by atoms with Gasteiger partial charge in [0.1, 0.15) is 19.8 Å². The summed E-state index contributed by atoms with van der Waals surface area (Å²) in [5, 5.41) is 0. The highest BCUT2D eigenvalue weighted by atomic mass is 31.2. The maximum atomic E-state index is 12.8. The van der Waals surface area contributed by atoms with Crippen molar-refractivity contribution in [3.8, 4) is 0 Å². The second kappa shape index (κ2) is 51.4. The normalized spacial score (nSPS) is 13.9. The Morgan fingerprint density at radius 2 is 0.814 bits per heavy atom. The Hall–Kier alpha value is -2.55. The molecule has 0 aliphatic rings. The number of esters is 2. The van der Waals surface area contributed by atoms with Crippen molar-refractivity contribution in [1.82, 2.24) is 0 Å². The monoisotopic (exact) mass is 1000 g/mol. The Morgan fingerprint density at radius 1 is 0.457 bits per heavy atom. The van der Waals surface area contributed by atoms with Gasteiger partial charge >= 0.3 is 19.8 Å². The van der Waals surface area contributed by atoms with Gasteiger partial charge in [-0.05, 0) is 83.5 Å². The Balaban J connectivity index is 4.20. The fourth-order valence-corrected chi connectivity index (χ4v) is 8.54. The summed E-state index contributed by atoms with van der Waals surface area (Å²) in [6, 6.07) is 0. The van der Waals surface area contributed by atoms with Crippen molar-refractivity contribution >= 4 is 19.8 Å². The molecule has 2 atom stereocenters. The van der Waals surface area contributed by atoms with E-state index in [0.29, 0.717) is 17.4 Å². The lowest BCUT2D eigenvalue weighted by Crippen LogP contribution is -2.37. The van der Waals surface area contributed by atoms with Crippen molar-refractivity contribution in [2.45, 2.75) is 251 Å². The SMILES string of the molecule is CC/C=C\C/C=C\C/C=C\C/C=C\C/C=C\CCCCCCCCCCCC(=O)OC(COC(=O)CCCCCCCCCCC/C=C\CCCCCCCCCC)COP(=O)(O)OCC[N+](C)(C)C. The summed E-state index contributed by atoms with van der Waals surface area (Å²) in [5.74, 6) is -0.804. The second-order valence-electron chi connectivity index (χ2n) is 20.3. The van der Waals surface area contributed by atoms with Crippen LogP contribution in [-0.2, 0) is 32.7 Å². The molecule has 0 spiro atoms. The standard InChI is InChI=1S/C60H108NO8P/c1-6-8-10-12-14-16-18-20-22-24-26-28-29-30-31-33-35-37-39-41-43-45-47-49-51-53-60(63)69-58(57-68-70(64,65)67-55-54-61(3,4)5)56-66-59(62)52-50-48-46-44-42-40-38-36-34-32-27-25-23-21-19-17-15-13-11-9-7-2/h8,10,14,16,20,22,25-28,30-31,58H,6-7,9,11-13,15,17-19,21,23-24,29,32-57H2,1-5H3/p+1/b10-8-,16-14-,22-20-,27-25-,28-26-,31-30-. The van der Waals surface area contributed by atoms with Gasteiger partial charge in [0.15, 0.2) is 6.10 Å². The molecule has 10 heteroatoms. The molecule has 0 aromatic carbocycles. The second-order valence-corrected chi connectivity index (χ2v) is 21.7. The predicted molar refractivity (Wildman–Crippen MR) is 298 cm³/mol. The summed E-state index contributed by atoms with van der Waals surface area (Å²) in [7, 11) is 1.47. The average Bonchev–Trinajstić information content (AvgIpc) is 3.32. The zero-order valence-electron chi connectivity index (χ0n) is 46.0. The van der Waals surface area contributed by atoms with E-state index in [1.54, 1.807) is 0 Å². The van der Waals surface area contributed by atoms with Gasteiger partial charge in [-0.25, -0.2) is 4.57 Å². The van der Waals surface area contributed by atoms with Crippen molar-refractivity contribution < 1.29 is 42.1 Å². The fraction of sp³-hybridized carbons (Fsp3) is 0.767. The summed E-state index contributed by atoms with van der Waals surface area (Å²) >= 11 is 0. The molecule has 0 bridgehead atoms. The Morgan fingerprint density at radius 3 is 1.23 bits per heavy atom. The van der Waals surface area contributed by atoms with Gasteiger partial charge in [-0.3, -0.25) is 18.6 Å². The Kier molecular flexibility index (Phi) is 49.5. The molecule has 2 unspecified atom stereocenters. The van der Waals surface area contributed by atoms with Gasteiger partial charge in [-0.1, -0.05) is 222 Å². The number of allylic oxidation sites excluding steroid dienone is 12. The maximum absolute atomic E-state index is 12.8. The van der Waals surface area contributed by atoms with Crippen molar-refractivity contribution in [3.63, 3.8) is 0 Å².